The first-order valence-electron chi connectivity index (χ1n) is 3.03. The summed E-state index contributed by atoms with van der Waals surface area (Å²) in [5.74, 6) is 5.53. The molecule has 0 saturated heterocycles. The first-order valence-corrected chi connectivity index (χ1v) is 3.03. The van der Waals surface area contributed by atoms with Crippen LogP contribution in [0.15, 0.2) is 36.4 Å². The highest BCUT2D eigenvalue weighted by atomic mass is 13.8. The Morgan fingerprint density at radius 1 is 1.20 bits per heavy atom. The van der Waals surface area contributed by atoms with Crippen LogP contribution < -0.4 is 0 Å². The second-order valence-corrected chi connectivity index (χ2v) is 1.80. The smallest absolute Gasteiger partial charge is 0.0622 e. The van der Waals surface area contributed by atoms with Crippen LogP contribution >= 0.6 is 0 Å². The molecule has 0 aromatic heterocycles. The topological polar surface area (TPSA) is 0 Å². The molecule has 0 aliphatic carbocycles. The molecule has 0 heterocycles. The van der Waals surface area contributed by atoms with Crippen molar-refractivity contribution in [3.8, 4) is 11.8 Å². The molecule has 0 atom stereocenters. The molecule has 0 nitrogen and oxygen atoms in total. The van der Waals surface area contributed by atoms with E-state index in [0.29, 0.717) is 0 Å². The molecule has 0 saturated carbocycles. The van der Waals surface area contributed by atoms with Crippen LogP contribution in [-0.2, 0) is 0 Å². The lowest BCUT2D eigenvalue weighted by atomic mass is 10.2. The van der Waals surface area contributed by atoms with E-state index in [1.54, 1.807) is 0 Å². The van der Waals surface area contributed by atoms with E-state index in [1.165, 1.54) is 6.08 Å². The summed E-state index contributed by atoms with van der Waals surface area (Å²) >= 11 is 0. The maximum absolute atomic E-state index is 5.08. The summed E-state index contributed by atoms with van der Waals surface area (Å²) in [5, 5.41) is 0. The summed E-state index contributed by atoms with van der Waals surface area (Å²) in [5.41, 5.74) is 0.990. The largest absolute Gasteiger partial charge is 0.222 e. The minimum absolute atomic E-state index is 0.990. The fraction of sp³-hybridized carbons (Fsp3) is 0. The van der Waals surface area contributed by atoms with Gasteiger partial charge in [-0.1, -0.05) is 18.2 Å². The van der Waals surface area contributed by atoms with Gasteiger partial charge < -0.3 is 0 Å². The third-order valence-electron chi connectivity index (χ3n) is 1.07. The van der Waals surface area contributed by atoms with E-state index < -0.39 is 0 Å². The Hall–Kier alpha value is -1.57. The minimum Gasteiger partial charge on any atom is -0.0622 e. The molecule has 0 unspecified atom stereocenters. The van der Waals surface area contributed by atoms with Crippen molar-refractivity contribution in [1.82, 2.24) is 0 Å². The van der Waals surface area contributed by atoms with Crippen LogP contribution in [0.25, 0.3) is 0 Å². The summed E-state index contributed by atoms with van der Waals surface area (Å²) in [6.45, 7) is 5.08. The van der Waals surface area contributed by atoms with Gasteiger partial charge in [0.1, 0.15) is 0 Å². The predicted octanol–water partition coefficient (Wildman–Crippen LogP) is 2.03. The van der Waals surface area contributed by atoms with Gasteiger partial charge in [0.25, 0.3) is 0 Å². The molecule has 46 valence electrons. The van der Waals surface area contributed by atoms with Crippen LogP contribution in [0, 0.1) is 18.4 Å². The molecule has 0 N–H and O–H groups in total. The van der Waals surface area contributed by atoms with Gasteiger partial charge >= 0.3 is 0 Å². The van der Waals surface area contributed by atoms with E-state index in [4.69, 9.17) is 6.58 Å². The Bertz CT molecular complexity index is 259. The van der Waals surface area contributed by atoms with Crippen molar-refractivity contribution < 1.29 is 0 Å². The molecule has 10 heavy (non-hydrogen) atoms. The fourth-order valence-corrected chi connectivity index (χ4v) is 0.646. The van der Waals surface area contributed by atoms with Crippen molar-refractivity contribution in [3.63, 3.8) is 0 Å². The Morgan fingerprint density at radius 2 is 1.90 bits per heavy atom. The number of hydrogen-bond donors (Lipinski definition) is 0. The van der Waals surface area contributed by atoms with Crippen molar-refractivity contribution >= 4 is 0 Å². The standard InChI is InChI=1S/C10H7/c1-2-3-7-10-8-5-4-6-9-10/h1-2,4-6,8-9H/q+1. The van der Waals surface area contributed by atoms with Gasteiger partial charge in [0.15, 0.2) is 5.92 Å². The van der Waals surface area contributed by atoms with Crippen LogP contribution in [0.5, 0.6) is 0 Å². The SMILES string of the molecule is [CH+]=CC#Cc1ccccc1. The van der Waals surface area contributed by atoms with Gasteiger partial charge in [-0.05, 0) is 12.1 Å². The molecule has 0 heteroatoms. The van der Waals surface area contributed by atoms with Crippen molar-refractivity contribution in [1.29, 1.82) is 0 Å². The molecular formula is C10H7+. The Labute approximate surface area is 61.2 Å². The van der Waals surface area contributed by atoms with E-state index in [-0.39, 0.29) is 0 Å². The molecule has 0 radical (unpaired) electrons. The van der Waals surface area contributed by atoms with E-state index in [2.05, 4.69) is 11.8 Å². The van der Waals surface area contributed by atoms with E-state index in [1.807, 2.05) is 30.3 Å². The first-order chi connectivity index (χ1) is 4.93. The third-order valence-corrected chi connectivity index (χ3v) is 1.07. The van der Waals surface area contributed by atoms with E-state index in [9.17, 15) is 0 Å². The predicted molar refractivity (Wildman–Crippen MR) is 42.2 cm³/mol. The molecule has 1 aromatic rings. The average molecular weight is 127 g/mol. The van der Waals surface area contributed by atoms with E-state index >= 15 is 0 Å². The van der Waals surface area contributed by atoms with Gasteiger partial charge in [0.2, 0.25) is 6.08 Å². The normalized spacial score (nSPS) is 7.50. The van der Waals surface area contributed by atoms with Crippen molar-refractivity contribution in [2.24, 2.45) is 0 Å². The highest BCUT2D eigenvalue weighted by Crippen LogP contribution is 1.93. The van der Waals surface area contributed by atoms with Gasteiger partial charge in [-0.15, -0.1) is 0 Å². The molecule has 0 fully saturated rings. The van der Waals surface area contributed by atoms with Crippen LogP contribution in [0.4, 0.5) is 0 Å². The first kappa shape index (κ1) is 6.55. The second-order valence-electron chi connectivity index (χ2n) is 1.80. The fourth-order valence-electron chi connectivity index (χ4n) is 0.646. The summed E-state index contributed by atoms with van der Waals surface area (Å²) in [4.78, 5) is 0. The van der Waals surface area contributed by atoms with Gasteiger partial charge in [-0.2, -0.15) is 0 Å². The molecule has 0 amide bonds. The summed E-state index contributed by atoms with van der Waals surface area (Å²) < 4.78 is 0. The van der Waals surface area contributed by atoms with Gasteiger partial charge in [0, 0.05) is 5.56 Å². The summed E-state index contributed by atoms with van der Waals surface area (Å²) in [7, 11) is 0. The minimum atomic E-state index is 0.990. The van der Waals surface area contributed by atoms with E-state index in [0.717, 1.165) is 5.56 Å². The zero-order valence-electron chi connectivity index (χ0n) is 5.54. The Kier molecular flexibility index (Phi) is 2.26. The van der Waals surface area contributed by atoms with Crippen LogP contribution in [-0.4, -0.2) is 0 Å². The van der Waals surface area contributed by atoms with Crippen molar-refractivity contribution in [3.05, 3.63) is 48.6 Å². The number of hydrogen-bond acceptors (Lipinski definition) is 0. The molecule has 0 aliphatic heterocycles. The van der Waals surface area contributed by atoms with Crippen LogP contribution in [0.2, 0.25) is 0 Å². The monoisotopic (exact) mass is 127 g/mol. The lowest BCUT2D eigenvalue weighted by Crippen LogP contribution is -1.68. The van der Waals surface area contributed by atoms with Crippen molar-refractivity contribution in [2.75, 3.05) is 0 Å². The molecule has 1 rings (SSSR count). The van der Waals surface area contributed by atoms with Gasteiger partial charge in [0.05, 0.1) is 12.5 Å². The maximum Gasteiger partial charge on any atom is 0.222 e. The highest BCUT2D eigenvalue weighted by Gasteiger charge is 1.82. The van der Waals surface area contributed by atoms with Crippen molar-refractivity contribution in [2.45, 2.75) is 0 Å². The number of rotatable bonds is 0. The van der Waals surface area contributed by atoms with Crippen LogP contribution in [0.1, 0.15) is 5.56 Å². The lowest BCUT2D eigenvalue weighted by Gasteiger charge is -1.80. The number of benzene rings is 1. The number of allylic oxidation sites excluding steroid dienone is 1. The quantitative estimate of drug-likeness (QED) is 0.369. The van der Waals surface area contributed by atoms with Gasteiger partial charge in [-0.25, -0.2) is 0 Å². The zero-order valence-corrected chi connectivity index (χ0v) is 5.54. The second kappa shape index (κ2) is 3.45. The average Bonchev–Trinajstić information content (AvgIpc) is 2.03. The summed E-state index contributed by atoms with van der Waals surface area (Å²) in [6, 6.07) is 9.73. The molecule has 1 aromatic carbocycles. The van der Waals surface area contributed by atoms with Crippen LogP contribution in [0.3, 0.4) is 0 Å². The van der Waals surface area contributed by atoms with Gasteiger partial charge in [-0.3, -0.25) is 0 Å². The summed E-state index contributed by atoms with van der Waals surface area (Å²) in [6.07, 6.45) is 1.34. The Balaban J connectivity index is 2.86. The molecule has 0 bridgehead atoms. The maximum atomic E-state index is 5.08. The molecule has 0 aliphatic rings. The highest BCUT2D eigenvalue weighted by molar-refractivity contribution is 5.35. The third kappa shape index (κ3) is 1.74. The Morgan fingerprint density at radius 3 is 2.50 bits per heavy atom. The molecular weight excluding hydrogens is 120 g/mol. The zero-order chi connectivity index (χ0) is 7.23. The lowest BCUT2D eigenvalue weighted by molar-refractivity contribution is 1.65. The molecule has 0 spiro atoms.